The number of amides is 1. The van der Waals surface area contributed by atoms with Gasteiger partial charge in [-0.1, -0.05) is 23.7 Å². The van der Waals surface area contributed by atoms with E-state index in [-0.39, 0.29) is 11.9 Å². The molecule has 3 nitrogen and oxygen atoms in total. The maximum absolute atomic E-state index is 13.1. The quantitative estimate of drug-likeness (QED) is 0.813. The third-order valence-corrected chi connectivity index (χ3v) is 4.65. The molecule has 1 aliphatic carbocycles. The average molecular weight is 329 g/mol. The minimum atomic E-state index is 0.0213. The first-order valence-corrected chi connectivity index (χ1v) is 8.37. The van der Waals surface area contributed by atoms with Crippen molar-refractivity contribution in [1.82, 2.24) is 9.88 Å². The van der Waals surface area contributed by atoms with Gasteiger partial charge in [0.25, 0.3) is 5.91 Å². The second kappa shape index (κ2) is 6.32. The first-order valence-electron chi connectivity index (χ1n) is 7.99. The molecule has 3 rings (SSSR count). The van der Waals surface area contributed by atoms with Gasteiger partial charge in [0.15, 0.2) is 0 Å². The summed E-state index contributed by atoms with van der Waals surface area (Å²) in [6.45, 7) is 5.92. The molecule has 1 heterocycles. The first kappa shape index (κ1) is 16.0. The Morgan fingerprint density at radius 2 is 1.83 bits per heavy atom. The van der Waals surface area contributed by atoms with Gasteiger partial charge in [0.2, 0.25) is 0 Å². The molecular weight excluding hydrogens is 308 g/mol. The van der Waals surface area contributed by atoms with Gasteiger partial charge in [-0.05, 0) is 63.4 Å². The lowest BCUT2D eigenvalue weighted by Crippen LogP contribution is -2.36. The summed E-state index contributed by atoms with van der Waals surface area (Å²) in [5.74, 6) is 0.0694. The van der Waals surface area contributed by atoms with E-state index in [1.807, 2.05) is 55.1 Å². The van der Waals surface area contributed by atoms with Crippen LogP contribution in [0.3, 0.4) is 0 Å². The lowest BCUT2D eigenvalue weighted by molar-refractivity contribution is 0.0672. The number of benzene rings is 1. The molecule has 1 amide bonds. The third-order valence-electron chi connectivity index (χ3n) is 4.40. The number of pyridine rings is 1. The molecule has 1 atom stereocenters. The fraction of sp³-hybridized carbons (Fsp3) is 0.368. The van der Waals surface area contributed by atoms with E-state index >= 15 is 0 Å². The van der Waals surface area contributed by atoms with Crippen LogP contribution in [0.5, 0.6) is 0 Å². The summed E-state index contributed by atoms with van der Waals surface area (Å²) in [6.07, 6.45) is 2.14. The van der Waals surface area contributed by atoms with Crippen LogP contribution < -0.4 is 0 Å². The number of nitrogens with zero attached hydrogens (tertiary/aromatic N) is 2. The molecule has 4 heteroatoms. The Balaban J connectivity index is 1.92. The number of halogens is 1. The monoisotopic (exact) mass is 328 g/mol. The van der Waals surface area contributed by atoms with Crippen LogP contribution >= 0.6 is 11.6 Å². The topological polar surface area (TPSA) is 33.2 Å². The van der Waals surface area contributed by atoms with Crippen LogP contribution in [0, 0.1) is 13.8 Å². The summed E-state index contributed by atoms with van der Waals surface area (Å²) in [5, 5.41) is 0.712. The zero-order valence-electron chi connectivity index (χ0n) is 13.7. The minimum absolute atomic E-state index is 0.0213. The van der Waals surface area contributed by atoms with Crippen molar-refractivity contribution in [3.05, 3.63) is 63.9 Å². The standard InChI is InChI=1S/C19H21ClN2O/c1-12-4-11-18(13(2)21-12)19(23)22(17-9-10-17)14(3)15-5-7-16(20)8-6-15/h4-8,11,14,17H,9-10H2,1-3H3. The number of carbonyl (C=O) groups excluding carboxylic acids is 1. The first-order chi connectivity index (χ1) is 11.0. The molecule has 1 saturated carbocycles. The average Bonchev–Trinajstić information content (AvgIpc) is 3.32. The van der Waals surface area contributed by atoms with Crippen LogP contribution in [-0.2, 0) is 0 Å². The van der Waals surface area contributed by atoms with Gasteiger partial charge >= 0.3 is 0 Å². The maximum atomic E-state index is 13.1. The molecule has 1 unspecified atom stereocenters. The van der Waals surface area contributed by atoms with Crippen molar-refractivity contribution in [3.8, 4) is 0 Å². The van der Waals surface area contributed by atoms with Crippen LogP contribution in [0.15, 0.2) is 36.4 Å². The minimum Gasteiger partial charge on any atom is -0.329 e. The normalized spacial score (nSPS) is 15.3. The SMILES string of the molecule is Cc1ccc(C(=O)N(C2CC2)C(C)c2ccc(Cl)cc2)c(C)n1. The highest BCUT2D eigenvalue weighted by atomic mass is 35.5. The summed E-state index contributed by atoms with van der Waals surface area (Å²) >= 11 is 5.98. The van der Waals surface area contributed by atoms with Crippen molar-refractivity contribution in [2.75, 3.05) is 0 Å². The molecule has 1 aliphatic rings. The predicted octanol–water partition coefficient (Wildman–Crippen LogP) is 4.72. The van der Waals surface area contributed by atoms with E-state index in [0.29, 0.717) is 16.6 Å². The highest BCUT2D eigenvalue weighted by Gasteiger charge is 2.37. The number of rotatable bonds is 4. The van der Waals surface area contributed by atoms with Crippen LogP contribution in [0.25, 0.3) is 0 Å². The summed E-state index contributed by atoms with van der Waals surface area (Å²) in [7, 11) is 0. The lowest BCUT2D eigenvalue weighted by atomic mass is 10.0. The summed E-state index contributed by atoms with van der Waals surface area (Å²) in [4.78, 5) is 19.5. The van der Waals surface area contributed by atoms with Gasteiger partial charge in [0.1, 0.15) is 0 Å². The lowest BCUT2D eigenvalue weighted by Gasteiger charge is -2.30. The molecule has 1 aromatic heterocycles. The van der Waals surface area contributed by atoms with Crippen molar-refractivity contribution < 1.29 is 4.79 Å². The number of carbonyl (C=O) groups is 1. The summed E-state index contributed by atoms with van der Waals surface area (Å²) in [5.41, 5.74) is 3.53. The Bertz CT molecular complexity index is 723. The molecule has 23 heavy (non-hydrogen) atoms. The third kappa shape index (κ3) is 3.40. The van der Waals surface area contributed by atoms with E-state index in [0.717, 1.165) is 29.8 Å². The molecule has 0 spiro atoms. The largest absolute Gasteiger partial charge is 0.329 e. The van der Waals surface area contributed by atoms with Gasteiger partial charge in [-0.15, -0.1) is 0 Å². The number of aryl methyl sites for hydroxylation is 2. The molecule has 0 saturated heterocycles. The fourth-order valence-corrected chi connectivity index (χ4v) is 3.09. The van der Waals surface area contributed by atoms with Crippen molar-refractivity contribution in [1.29, 1.82) is 0 Å². The zero-order valence-corrected chi connectivity index (χ0v) is 14.5. The van der Waals surface area contributed by atoms with Crippen LogP contribution in [-0.4, -0.2) is 21.8 Å². The molecule has 0 radical (unpaired) electrons. The Hall–Kier alpha value is -1.87. The van der Waals surface area contributed by atoms with Crippen molar-refractivity contribution in [3.63, 3.8) is 0 Å². The van der Waals surface area contributed by atoms with Gasteiger partial charge in [0, 0.05) is 16.8 Å². The predicted molar refractivity (Wildman–Crippen MR) is 92.8 cm³/mol. The number of hydrogen-bond acceptors (Lipinski definition) is 2. The summed E-state index contributed by atoms with van der Waals surface area (Å²) < 4.78 is 0. The second-order valence-electron chi connectivity index (χ2n) is 6.26. The maximum Gasteiger partial charge on any atom is 0.256 e. The second-order valence-corrected chi connectivity index (χ2v) is 6.69. The van der Waals surface area contributed by atoms with E-state index in [9.17, 15) is 4.79 Å². The molecule has 0 bridgehead atoms. The fourth-order valence-electron chi connectivity index (χ4n) is 2.96. The van der Waals surface area contributed by atoms with E-state index in [4.69, 9.17) is 11.6 Å². The molecule has 0 aliphatic heterocycles. The molecular formula is C19H21ClN2O. The van der Waals surface area contributed by atoms with Crippen LogP contribution in [0.2, 0.25) is 5.02 Å². The van der Waals surface area contributed by atoms with E-state index in [1.165, 1.54) is 0 Å². The Morgan fingerprint density at radius 3 is 2.39 bits per heavy atom. The van der Waals surface area contributed by atoms with Crippen molar-refractivity contribution in [2.45, 2.75) is 45.7 Å². The van der Waals surface area contributed by atoms with Gasteiger partial charge in [-0.3, -0.25) is 9.78 Å². The molecule has 0 N–H and O–H groups in total. The number of hydrogen-bond donors (Lipinski definition) is 0. The van der Waals surface area contributed by atoms with Crippen LogP contribution in [0.4, 0.5) is 0 Å². The Morgan fingerprint density at radius 1 is 1.17 bits per heavy atom. The van der Waals surface area contributed by atoms with Gasteiger partial charge in [-0.25, -0.2) is 0 Å². The van der Waals surface area contributed by atoms with Gasteiger partial charge in [0.05, 0.1) is 17.3 Å². The Labute approximate surface area is 142 Å². The van der Waals surface area contributed by atoms with Crippen LogP contribution in [0.1, 0.15) is 53.1 Å². The van der Waals surface area contributed by atoms with E-state index in [2.05, 4.69) is 11.9 Å². The smallest absolute Gasteiger partial charge is 0.256 e. The van der Waals surface area contributed by atoms with Gasteiger partial charge in [-0.2, -0.15) is 0 Å². The van der Waals surface area contributed by atoms with E-state index in [1.54, 1.807) is 0 Å². The van der Waals surface area contributed by atoms with Crippen molar-refractivity contribution in [2.24, 2.45) is 0 Å². The van der Waals surface area contributed by atoms with Crippen molar-refractivity contribution >= 4 is 17.5 Å². The highest BCUT2D eigenvalue weighted by Crippen LogP contribution is 2.36. The summed E-state index contributed by atoms with van der Waals surface area (Å²) in [6, 6.07) is 11.9. The van der Waals surface area contributed by atoms with Gasteiger partial charge < -0.3 is 4.90 Å². The van der Waals surface area contributed by atoms with E-state index < -0.39 is 0 Å². The molecule has 120 valence electrons. The molecule has 2 aromatic rings. The molecule has 1 aromatic carbocycles. The Kier molecular flexibility index (Phi) is 4.40. The highest BCUT2D eigenvalue weighted by molar-refractivity contribution is 6.30. The number of aromatic nitrogens is 1. The zero-order chi connectivity index (χ0) is 16.6. The molecule has 1 fully saturated rings.